The first-order valence-corrected chi connectivity index (χ1v) is 7.09. The average Bonchev–Trinajstić information content (AvgIpc) is 2.32. The molecule has 1 atom stereocenters. The molecule has 0 spiro atoms. The summed E-state index contributed by atoms with van der Waals surface area (Å²) in [5.41, 5.74) is 0.642. The van der Waals surface area contributed by atoms with Crippen molar-refractivity contribution >= 4 is 17.7 Å². The van der Waals surface area contributed by atoms with Gasteiger partial charge in [0.25, 0.3) is 0 Å². The molecular weight excluding hydrogens is 276 g/mol. The first-order valence-electron chi connectivity index (χ1n) is 6.71. The smallest absolute Gasteiger partial charge is 0.407 e. The fourth-order valence-corrected chi connectivity index (χ4v) is 1.77. The summed E-state index contributed by atoms with van der Waals surface area (Å²) in [6.07, 6.45) is -0.395. The number of nitrogens with one attached hydrogen (secondary N) is 2. The van der Waals surface area contributed by atoms with E-state index < -0.39 is 11.7 Å². The fourth-order valence-electron chi connectivity index (χ4n) is 1.56. The van der Waals surface area contributed by atoms with Gasteiger partial charge in [0.15, 0.2) is 0 Å². The second-order valence-electron chi connectivity index (χ2n) is 5.79. The van der Waals surface area contributed by atoms with Crippen LogP contribution in [0.1, 0.15) is 33.3 Å². The van der Waals surface area contributed by atoms with E-state index in [0.717, 1.165) is 10.6 Å². The minimum atomic E-state index is -0.471. The van der Waals surface area contributed by atoms with Crippen LogP contribution in [0.3, 0.4) is 0 Å². The van der Waals surface area contributed by atoms with Crippen LogP contribution in [-0.2, 0) is 11.3 Å². The Bertz CT molecular complexity index is 444. The largest absolute Gasteiger partial charge is 0.444 e. The molecule has 0 bridgehead atoms. The average molecular weight is 299 g/mol. The van der Waals surface area contributed by atoms with Crippen LogP contribution in [0.5, 0.6) is 0 Å². The van der Waals surface area contributed by atoms with Crippen molar-refractivity contribution in [3.05, 3.63) is 34.9 Å². The molecule has 1 amide bonds. The Morgan fingerprint density at radius 3 is 2.70 bits per heavy atom. The molecule has 20 heavy (non-hydrogen) atoms. The number of hydrogen-bond acceptors (Lipinski definition) is 3. The molecule has 1 aromatic carbocycles. The van der Waals surface area contributed by atoms with Gasteiger partial charge in [-0.1, -0.05) is 23.7 Å². The highest BCUT2D eigenvalue weighted by Gasteiger charge is 2.16. The van der Waals surface area contributed by atoms with Gasteiger partial charge in [-0.05, 0) is 45.4 Å². The molecule has 4 nitrogen and oxygen atoms in total. The molecule has 1 unspecified atom stereocenters. The molecule has 112 valence electrons. The minimum Gasteiger partial charge on any atom is -0.444 e. The molecule has 5 heteroatoms. The van der Waals surface area contributed by atoms with E-state index in [0.29, 0.717) is 13.1 Å². The number of alkyl carbamates (subject to hydrolysis) is 1. The van der Waals surface area contributed by atoms with Gasteiger partial charge in [-0.25, -0.2) is 4.79 Å². The molecule has 0 heterocycles. The van der Waals surface area contributed by atoms with Crippen molar-refractivity contribution in [3.8, 4) is 0 Å². The van der Waals surface area contributed by atoms with Crippen molar-refractivity contribution in [1.29, 1.82) is 0 Å². The normalized spacial score (nSPS) is 12.8. The summed E-state index contributed by atoms with van der Waals surface area (Å²) in [5, 5.41) is 6.78. The second-order valence-corrected chi connectivity index (χ2v) is 6.23. The van der Waals surface area contributed by atoms with E-state index in [9.17, 15) is 4.79 Å². The lowest BCUT2D eigenvalue weighted by atomic mass is 10.2. The summed E-state index contributed by atoms with van der Waals surface area (Å²) < 4.78 is 5.17. The number of amides is 1. The van der Waals surface area contributed by atoms with E-state index in [2.05, 4.69) is 10.6 Å². The molecule has 0 saturated carbocycles. The number of benzene rings is 1. The van der Waals surface area contributed by atoms with Crippen molar-refractivity contribution in [3.63, 3.8) is 0 Å². The third-order valence-corrected chi connectivity index (χ3v) is 2.73. The third kappa shape index (κ3) is 7.36. The molecule has 0 radical (unpaired) electrons. The SMILES string of the molecule is CC(CNC(=O)OC(C)(C)C)NCc1cccc(Cl)c1. The van der Waals surface area contributed by atoms with Gasteiger partial charge >= 0.3 is 6.09 Å². The zero-order valence-electron chi connectivity index (χ0n) is 12.5. The summed E-state index contributed by atoms with van der Waals surface area (Å²) >= 11 is 5.92. The Labute approximate surface area is 125 Å². The fraction of sp³-hybridized carbons (Fsp3) is 0.533. The van der Waals surface area contributed by atoms with Gasteiger partial charge in [0.1, 0.15) is 5.60 Å². The molecule has 0 saturated heterocycles. The number of hydrogen-bond donors (Lipinski definition) is 2. The lowest BCUT2D eigenvalue weighted by molar-refractivity contribution is 0.0523. The maximum Gasteiger partial charge on any atom is 0.407 e. The van der Waals surface area contributed by atoms with Crippen LogP contribution in [0.2, 0.25) is 5.02 Å². The number of ether oxygens (including phenoxy) is 1. The molecule has 0 aliphatic heterocycles. The summed E-state index contributed by atoms with van der Waals surface area (Å²) in [6, 6.07) is 7.83. The standard InChI is InChI=1S/C15H23ClN2O2/c1-11(9-18-14(19)20-15(2,3)4)17-10-12-6-5-7-13(16)8-12/h5-8,11,17H,9-10H2,1-4H3,(H,18,19). The minimum absolute atomic E-state index is 0.140. The molecule has 0 fully saturated rings. The molecule has 0 aromatic heterocycles. The lowest BCUT2D eigenvalue weighted by Gasteiger charge is -2.21. The molecular formula is C15H23ClN2O2. The molecule has 1 rings (SSSR count). The predicted molar refractivity (Wildman–Crippen MR) is 82.0 cm³/mol. The van der Waals surface area contributed by atoms with Crippen LogP contribution in [-0.4, -0.2) is 24.3 Å². The van der Waals surface area contributed by atoms with Gasteiger partial charge in [0.2, 0.25) is 0 Å². The van der Waals surface area contributed by atoms with Gasteiger partial charge < -0.3 is 15.4 Å². The van der Waals surface area contributed by atoms with Crippen molar-refractivity contribution < 1.29 is 9.53 Å². The van der Waals surface area contributed by atoms with Crippen LogP contribution >= 0.6 is 11.6 Å². The van der Waals surface area contributed by atoms with Gasteiger partial charge in [-0.15, -0.1) is 0 Å². The summed E-state index contributed by atoms with van der Waals surface area (Å²) in [7, 11) is 0. The van der Waals surface area contributed by atoms with Crippen molar-refractivity contribution in [2.45, 2.75) is 45.9 Å². The van der Waals surface area contributed by atoms with Crippen LogP contribution in [0.4, 0.5) is 4.79 Å². The van der Waals surface area contributed by atoms with Crippen molar-refractivity contribution in [2.24, 2.45) is 0 Å². The quantitative estimate of drug-likeness (QED) is 0.876. The summed E-state index contributed by atoms with van der Waals surface area (Å²) in [4.78, 5) is 11.5. The van der Waals surface area contributed by atoms with Crippen LogP contribution in [0, 0.1) is 0 Å². The molecule has 0 aliphatic carbocycles. The predicted octanol–water partition coefficient (Wildman–Crippen LogP) is 3.34. The number of carbonyl (C=O) groups is 1. The van der Waals surface area contributed by atoms with E-state index in [4.69, 9.17) is 16.3 Å². The Morgan fingerprint density at radius 2 is 2.10 bits per heavy atom. The maximum atomic E-state index is 11.5. The first-order chi connectivity index (χ1) is 9.26. The van der Waals surface area contributed by atoms with Crippen molar-refractivity contribution in [1.82, 2.24) is 10.6 Å². The highest BCUT2D eigenvalue weighted by molar-refractivity contribution is 6.30. The monoisotopic (exact) mass is 298 g/mol. The van der Waals surface area contributed by atoms with Gasteiger partial charge in [-0.2, -0.15) is 0 Å². The Balaban J connectivity index is 2.27. The van der Waals surface area contributed by atoms with Crippen LogP contribution in [0.25, 0.3) is 0 Å². The zero-order chi connectivity index (χ0) is 15.2. The topological polar surface area (TPSA) is 50.4 Å². The first kappa shape index (κ1) is 16.8. The summed E-state index contributed by atoms with van der Waals surface area (Å²) in [6.45, 7) is 8.74. The van der Waals surface area contributed by atoms with Gasteiger partial charge in [0, 0.05) is 24.2 Å². The zero-order valence-corrected chi connectivity index (χ0v) is 13.3. The van der Waals surface area contributed by atoms with E-state index in [-0.39, 0.29) is 6.04 Å². The van der Waals surface area contributed by atoms with E-state index >= 15 is 0 Å². The molecule has 2 N–H and O–H groups in total. The Hall–Kier alpha value is -1.26. The number of carbonyl (C=O) groups excluding carboxylic acids is 1. The second kappa shape index (κ2) is 7.50. The Morgan fingerprint density at radius 1 is 1.40 bits per heavy atom. The highest BCUT2D eigenvalue weighted by atomic mass is 35.5. The highest BCUT2D eigenvalue weighted by Crippen LogP contribution is 2.10. The molecule has 0 aliphatic rings. The van der Waals surface area contributed by atoms with E-state index in [1.54, 1.807) is 0 Å². The number of halogens is 1. The van der Waals surface area contributed by atoms with E-state index in [1.807, 2.05) is 52.0 Å². The van der Waals surface area contributed by atoms with Crippen LogP contribution in [0.15, 0.2) is 24.3 Å². The van der Waals surface area contributed by atoms with Gasteiger partial charge in [0.05, 0.1) is 0 Å². The van der Waals surface area contributed by atoms with E-state index in [1.165, 1.54) is 0 Å². The number of rotatable bonds is 5. The Kier molecular flexibility index (Phi) is 6.30. The lowest BCUT2D eigenvalue weighted by Crippen LogP contribution is -2.40. The van der Waals surface area contributed by atoms with Crippen molar-refractivity contribution in [2.75, 3.05) is 6.54 Å². The maximum absolute atomic E-state index is 11.5. The third-order valence-electron chi connectivity index (χ3n) is 2.50. The summed E-state index contributed by atoms with van der Waals surface area (Å²) in [5.74, 6) is 0. The van der Waals surface area contributed by atoms with Gasteiger partial charge in [-0.3, -0.25) is 0 Å². The van der Waals surface area contributed by atoms with Crippen LogP contribution < -0.4 is 10.6 Å². The molecule has 1 aromatic rings.